The van der Waals surface area contributed by atoms with Gasteiger partial charge in [0, 0.05) is 16.1 Å². The van der Waals surface area contributed by atoms with Crippen molar-refractivity contribution in [3.05, 3.63) is 63.7 Å². The Morgan fingerprint density at radius 1 is 1.21 bits per heavy atom. The Bertz CT molecular complexity index is 1430. The predicted molar refractivity (Wildman–Crippen MR) is 105 cm³/mol. The number of nitrogens with zero attached hydrogens (tertiary/aromatic N) is 5. The minimum Gasteiger partial charge on any atom is -0.448 e. The number of carbonyl (C=O) groups excluding carboxylic acids is 1. The van der Waals surface area contributed by atoms with Crippen molar-refractivity contribution in [1.82, 2.24) is 24.1 Å². The van der Waals surface area contributed by atoms with E-state index in [1.54, 1.807) is 18.3 Å². The maximum atomic E-state index is 12.7. The largest absolute Gasteiger partial charge is 0.448 e. The second-order valence-corrected chi connectivity index (χ2v) is 7.00. The van der Waals surface area contributed by atoms with Crippen LogP contribution in [0.2, 0.25) is 0 Å². The number of aromatic nitrogens is 5. The highest BCUT2D eigenvalue weighted by Crippen LogP contribution is 2.24. The fourth-order valence-electron chi connectivity index (χ4n) is 2.96. The van der Waals surface area contributed by atoms with Crippen molar-refractivity contribution in [3.8, 4) is 0 Å². The van der Waals surface area contributed by atoms with Crippen molar-refractivity contribution in [2.75, 3.05) is 5.32 Å². The molecule has 138 valence electrons. The van der Waals surface area contributed by atoms with Gasteiger partial charge in [-0.2, -0.15) is 4.98 Å². The molecule has 5 rings (SSSR count). The Hall–Kier alpha value is -3.53. The van der Waals surface area contributed by atoms with Crippen molar-refractivity contribution in [2.45, 2.75) is 6.54 Å². The van der Waals surface area contributed by atoms with Gasteiger partial charge in [0.15, 0.2) is 5.65 Å². The first-order valence-electron chi connectivity index (χ1n) is 8.27. The summed E-state index contributed by atoms with van der Waals surface area (Å²) in [7, 11) is 0. The first-order chi connectivity index (χ1) is 13.6. The summed E-state index contributed by atoms with van der Waals surface area (Å²) in [4.78, 5) is 33.5. The number of rotatable bonds is 3. The summed E-state index contributed by atoms with van der Waals surface area (Å²) in [6, 6.07) is 10.8. The van der Waals surface area contributed by atoms with Crippen molar-refractivity contribution in [2.24, 2.45) is 0 Å². The highest BCUT2D eigenvalue weighted by molar-refractivity contribution is 9.10. The molecular formula is C18H11BrN6O3. The van der Waals surface area contributed by atoms with Crippen LogP contribution in [0.3, 0.4) is 0 Å². The highest BCUT2D eigenvalue weighted by atomic mass is 79.9. The summed E-state index contributed by atoms with van der Waals surface area (Å²) < 4.78 is 9.17. The van der Waals surface area contributed by atoms with E-state index in [0.29, 0.717) is 16.7 Å². The fraction of sp³-hybridized carbons (Fsp3) is 0.0556. The monoisotopic (exact) mass is 438 g/mol. The molecule has 1 amide bonds. The molecule has 28 heavy (non-hydrogen) atoms. The van der Waals surface area contributed by atoms with Gasteiger partial charge >= 0.3 is 0 Å². The summed E-state index contributed by atoms with van der Waals surface area (Å²) in [5.74, 6) is -0.303. The second kappa shape index (κ2) is 6.27. The van der Waals surface area contributed by atoms with Gasteiger partial charge in [-0.3, -0.25) is 19.5 Å². The Morgan fingerprint density at radius 3 is 2.96 bits per heavy atom. The minimum atomic E-state index is -0.450. The van der Waals surface area contributed by atoms with Crippen LogP contribution in [0.5, 0.6) is 0 Å². The third-order valence-electron chi connectivity index (χ3n) is 4.21. The number of furan rings is 1. The quantitative estimate of drug-likeness (QED) is 0.463. The van der Waals surface area contributed by atoms with E-state index < -0.39 is 11.5 Å². The van der Waals surface area contributed by atoms with Crippen LogP contribution in [0.1, 0.15) is 0 Å². The van der Waals surface area contributed by atoms with E-state index in [1.165, 1.54) is 15.4 Å². The van der Waals surface area contributed by atoms with Crippen molar-refractivity contribution in [3.63, 3.8) is 0 Å². The van der Waals surface area contributed by atoms with E-state index in [2.05, 4.69) is 36.3 Å². The highest BCUT2D eigenvalue weighted by Gasteiger charge is 2.15. The molecule has 5 aromatic rings. The van der Waals surface area contributed by atoms with Crippen LogP contribution in [0.4, 0.5) is 5.95 Å². The summed E-state index contributed by atoms with van der Waals surface area (Å²) in [6.07, 6.45) is 3.06. The van der Waals surface area contributed by atoms with Crippen LogP contribution >= 0.6 is 15.9 Å². The normalized spacial score (nSPS) is 11.5. The van der Waals surface area contributed by atoms with Gasteiger partial charge in [0.1, 0.15) is 17.6 Å². The van der Waals surface area contributed by atoms with Crippen LogP contribution < -0.4 is 10.9 Å². The van der Waals surface area contributed by atoms with E-state index in [0.717, 1.165) is 9.86 Å². The maximum Gasteiger partial charge on any atom is 0.297 e. The topological polar surface area (TPSA) is 107 Å². The van der Waals surface area contributed by atoms with Gasteiger partial charge in [-0.15, -0.1) is 5.10 Å². The summed E-state index contributed by atoms with van der Waals surface area (Å²) in [6.45, 7) is -0.238. The van der Waals surface area contributed by atoms with Crippen LogP contribution in [0, 0.1) is 0 Å². The number of benzene rings is 1. The molecule has 10 heteroatoms. The molecule has 0 aliphatic carbocycles. The number of pyridine rings is 1. The van der Waals surface area contributed by atoms with Crippen molar-refractivity contribution >= 4 is 55.5 Å². The van der Waals surface area contributed by atoms with Gasteiger partial charge in [0.2, 0.25) is 17.4 Å². The van der Waals surface area contributed by atoms with Gasteiger partial charge < -0.3 is 4.42 Å². The number of nitrogens with one attached hydrogen (secondary N) is 1. The number of hydrogen-bond acceptors (Lipinski definition) is 6. The average Bonchev–Trinajstić information content (AvgIpc) is 3.24. The number of hydrogen-bond donors (Lipinski definition) is 1. The summed E-state index contributed by atoms with van der Waals surface area (Å²) >= 11 is 3.35. The zero-order chi connectivity index (χ0) is 19.3. The van der Waals surface area contributed by atoms with Crippen molar-refractivity contribution < 1.29 is 9.21 Å². The lowest BCUT2D eigenvalue weighted by molar-refractivity contribution is -0.116. The van der Waals surface area contributed by atoms with Gasteiger partial charge in [0.05, 0.1) is 6.33 Å². The molecule has 4 heterocycles. The number of amides is 1. The fourth-order valence-corrected chi connectivity index (χ4v) is 3.28. The number of fused-ring (bicyclic) bond motifs is 4. The van der Waals surface area contributed by atoms with E-state index in [1.807, 2.05) is 24.3 Å². The molecule has 0 unspecified atom stereocenters. The number of para-hydroxylation sites is 1. The lowest BCUT2D eigenvalue weighted by atomic mass is 10.2. The molecule has 0 spiro atoms. The number of halogens is 1. The predicted octanol–water partition coefficient (Wildman–Crippen LogP) is 2.59. The lowest BCUT2D eigenvalue weighted by Gasteiger charge is -2.04. The molecule has 0 bridgehead atoms. The number of anilines is 1. The molecule has 0 atom stereocenters. The maximum absolute atomic E-state index is 12.7. The molecular weight excluding hydrogens is 428 g/mol. The SMILES string of the molecule is O=C(Cn1cnc2c(oc3ccccc32)c1=O)Nc1nc2ccc(Br)cn2n1. The smallest absolute Gasteiger partial charge is 0.297 e. The molecule has 0 aliphatic rings. The Kier molecular flexibility index (Phi) is 3.72. The van der Waals surface area contributed by atoms with E-state index in [4.69, 9.17) is 4.42 Å². The van der Waals surface area contributed by atoms with Gasteiger partial charge in [-0.05, 0) is 40.2 Å². The Morgan fingerprint density at radius 2 is 2.07 bits per heavy atom. The van der Waals surface area contributed by atoms with Crippen LogP contribution in [-0.2, 0) is 11.3 Å². The molecule has 1 N–H and O–H groups in total. The first-order valence-corrected chi connectivity index (χ1v) is 9.06. The molecule has 0 saturated heterocycles. The second-order valence-electron chi connectivity index (χ2n) is 6.09. The zero-order valence-electron chi connectivity index (χ0n) is 14.2. The van der Waals surface area contributed by atoms with Crippen molar-refractivity contribution in [1.29, 1.82) is 0 Å². The van der Waals surface area contributed by atoms with Crippen LogP contribution in [0.25, 0.3) is 27.7 Å². The van der Waals surface area contributed by atoms with E-state index in [-0.39, 0.29) is 18.1 Å². The third-order valence-corrected chi connectivity index (χ3v) is 4.68. The first kappa shape index (κ1) is 16.6. The van der Waals surface area contributed by atoms with Gasteiger partial charge in [-0.25, -0.2) is 9.50 Å². The van der Waals surface area contributed by atoms with E-state index in [9.17, 15) is 9.59 Å². The molecule has 9 nitrogen and oxygen atoms in total. The standard InChI is InChI=1S/C18H11BrN6O3/c19-10-5-6-13-21-18(23-25(13)7-10)22-14(26)8-24-9-20-15-11-3-1-2-4-12(11)28-16(15)17(24)27/h1-7,9H,8H2,(H,22,23,26). The summed E-state index contributed by atoms with van der Waals surface area (Å²) in [5.41, 5.74) is 1.32. The average molecular weight is 439 g/mol. The minimum absolute atomic E-state index is 0.118. The van der Waals surface area contributed by atoms with E-state index >= 15 is 0 Å². The lowest BCUT2D eigenvalue weighted by Crippen LogP contribution is -2.27. The summed E-state index contributed by atoms with van der Waals surface area (Å²) in [5, 5.41) is 7.52. The molecule has 4 aromatic heterocycles. The molecule has 0 radical (unpaired) electrons. The molecule has 1 aromatic carbocycles. The third kappa shape index (κ3) is 2.74. The molecule has 0 saturated carbocycles. The molecule has 0 aliphatic heterocycles. The Balaban J connectivity index is 1.43. The van der Waals surface area contributed by atoms with Crippen LogP contribution in [0.15, 0.2) is 62.6 Å². The zero-order valence-corrected chi connectivity index (χ0v) is 15.8. The van der Waals surface area contributed by atoms with Gasteiger partial charge in [0.25, 0.3) is 5.56 Å². The molecule has 0 fully saturated rings. The Labute approximate surface area is 164 Å². The van der Waals surface area contributed by atoms with Gasteiger partial charge in [-0.1, -0.05) is 12.1 Å². The van der Waals surface area contributed by atoms with Crippen LogP contribution in [-0.4, -0.2) is 30.1 Å². The number of carbonyl (C=O) groups is 1.